The molecule has 0 saturated carbocycles. The lowest BCUT2D eigenvalue weighted by Gasteiger charge is -2.34. The van der Waals surface area contributed by atoms with Gasteiger partial charge in [-0.2, -0.15) is 10.2 Å². The van der Waals surface area contributed by atoms with Crippen molar-refractivity contribution in [3.8, 4) is 0 Å². The maximum absolute atomic E-state index is 12.9. The minimum atomic E-state index is -0.0946. The fraction of sp³-hybridized carbons (Fsp3) is 0.250. The third kappa shape index (κ3) is 4.63. The molecule has 5 rings (SSSR count). The van der Waals surface area contributed by atoms with E-state index in [1.807, 2.05) is 54.6 Å². The highest BCUT2D eigenvalue weighted by Gasteiger charge is 2.26. The summed E-state index contributed by atoms with van der Waals surface area (Å²) in [6.07, 6.45) is 1.68. The molecule has 1 aliphatic rings. The molecular formula is C24H25N7O2. The van der Waals surface area contributed by atoms with Crippen molar-refractivity contribution in [3.63, 3.8) is 0 Å². The summed E-state index contributed by atoms with van der Waals surface area (Å²) in [6, 6.07) is 19.4. The molecule has 1 saturated heterocycles. The topological polar surface area (TPSA) is 99.2 Å². The highest BCUT2D eigenvalue weighted by Crippen LogP contribution is 2.18. The molecule has 1 fully saturated rings. The number of carbonyl (C=O) groups excluding carboxylic acids is 2. The van der Waals surface area contributed by atoms with Crippen LogP contribution in [0.3, 0.4) is 0 Å². The number of para-hydroxylation sites is 1. The van der Waals surface area contributed by atoms with E-state index in [4.69, 9.17) is 0 Å². The first-order chi connectivity index (χ1) is 16.2. The van der Waals surface area contributed by atoms with Crippen molar-refractivity contribution in [3.05, 3.63) is 78.1 Å². The number of hydrogen-bond acceptors (Lipinski definition) is 5. The van der Waals surface area contributed by atoms with Gasteiger partial charge in [0.05, 0.1) is 24.8 Å². The Hall–Kier alpha value is -3.98. The summed E-state index contributed by atoms with van der Waals surface area (Å²) < 4.78 is 1.78. The number of nitrogens with one attached hydrogen (secondary N) is 2. The summed E-state index contributed by atoms with van der Waals surface area (Å²) in [4.78, 5) is 29.4. The van der Waals surface area contributed by atoms with Gasteiger partial charge in [0.25, 0.3) is 5.91 Å². The van der Waals surface area contributed by atoms with Crippen LogP contribution in [0.2, 0.25) is 0 Å². The van der Waals surface area contributed by atoms with Gasteiger partial charge in [-0.1, -0.05) is 48.5 Å². The summed E-state index contributed by atoms with van der Waals surface area (Å²) in [5, 5.41) is 15.2. The number of hydrogen-bond donors (Lipinski definition) is 2. The van der Waals surface area contributed by atoms with Crippen molar-refractivity contribution < 1.29 is 9.59 Å². The number of rotatable bonds is 6. The molecule has 2 aromatic carbocycles. The van der Waals surface area contributed by atoms with Crippen LogP contribution in [0.25, 0.3) is 10.9 Å². The average Bonchev–Trinajstić information content (AvgIpc) is 3.46. The zero-order chi connectivity index (χ0) is 22.6. The molecule has 33 heavy (non-hydrogen) atoms. The number of aromatic amines is 1. The number of aromatic nitrogens is 4. The largest absolute Gasteiger partial charge is 0.335 e. The Balaban J connectivity index is 1.14. The quantitative estimate of drug-likeness (QED) is 0.476. The second kappa shape index (κ2) is 9.25. The average molecular weight is 444 g/mol. The van der Waals surface area contributed by atoms with Gasteiger partial charge in [0, 0.05) is 37.6 Å². The number of fused-ring (bicyclic) bond motifs is 1. The van der Waals surface area contributed by atoms with Crippen molar-refractivity contribution in [2.45, 2.75) is 6.54 Å². The predicted octanol–water partition coefficient (Wildman–Crippen LogP) is 2.20. The van der Waals surface area contributed by atoms with E-state index in [-0.39, 0.29) is 18.4 Å². The molecule has 0 unspecified atom stereocenters. The Labute approximate surface area is 191 Å². The van der Waals surface area contributed by atoms with Crippen LogP contribution in [-0.4, -0.2) is 74.3 Å². The summed E-state index contributed by atoms with van der Waals surface area (Å²) in [7, 11) is 0. The minimum Gasteiger partial charge on any atom is -0.335 e. The fourth-order valence-corrected chi connectivity index (χ4v) is 4.09. The minimum absolute atomic E-state index is 0.0821. The van der Waals surface area contributed by atoms with Gasteiger partial charge in [-0.05, 0) is 11.6 Å². The van der Waals surface area contributed by atoms with Crippen LogP contribution >= 0.6 is 0 Å². The van der Waals surface area contributed by atoms with Crippen LogP contribution in [0.1, 0.15) is 16.1 Å². The smallest absolute Gasteiger partial charge is 0.275 e. The maximum Gasteiger partial charge on any atom is 0.275 e. The van der Waals surface area contributed by atoms with Gasteiger partial charge in [-0.3, -0.25) is 19.6 Å². The van der Waals surface area contributed by atoms with Gasteiger partial charge < -0.3 is 10.2 Å². The molecule has 1 aliphatic heterocycles. The van der Waals surface area contributed by atoms with E-state index in [9.17, 15) is 9.59 Å². The van der Waals surface area contributed by atoms with Crippen molar-refractivity contribution in [2.75, 3.05) is 38.0 Å². The van der Waals surface area contributed by atoms with Crippen molar-refractivity contribution >= 4 is 28.5 Å². The van der Waals surface area contributed by atoms with E-state index in [1.54, 1.807) is 21.8 Å². The molecule has 2 amide bonds. The zero-order valence-electron chi connectivity index (χ0n) is 18.1. The van der Waals surface area contributed by atoms with Gasteiger partial charge in [-0.15, -0.1) is 0 Å². The van der Waals surface area contributed by atoms with E-state index in [0.29, 0.717) is 44.2 Å². The molecule has 2 N–H and O–H groups in total. The van der Waals surface area contributed by atoms with E-state index in [0.717, 1.165) is 16.5 Å². The second-order valence-electron chi connectivity index (χ2n) is 8.09. The number of carbonyl (C=O) groups is 2. The first-order valence-electron chi connectivity index (χ1n) is 11.0. The Morgan fingerprint density at radius 1 is 0.939 bits per heavy atom. The highest BCUT2D eigenvalue weighted by molar-refractivity contribution is 6.04. The lowest BCUT2D eigenvalue weighted by atomic mass is 10.2. The summed E-state index contributed by atoms with van der Waals surface area (Å²) in [5.41, 5.74) is 2.41. The molecule has 0 bridgehead atoms. The predicted molar refractivity (Wildman–Crippen MR) is 125 cm³/mol. The van der Waals surface area contributed by atoms with Gasteiger partial charge in [0.15, 0.2) is 5.69 Å². The SMILES string of the molecule is O=C(CN1CCN(C(=O)c2n[nH]c3ccccc23)CC1)Nc1ccnn1Cc1ccccc1. The summed E-state index contributed by atoms with van der Waals surface area (Å²) in [5.74, 6) is 0.493. The number of amides is 2. The Morgan fingerprint density at radius 2 is 1.70 bits per heavy atom. The van der Waals surface area contributed by atoms with Gasteiger partial charge in [0.1, 0.15) is 5.82 Å². The Morgan fingerprint density at radius 3 is 2.52 bits per heavy atom. The normalized spacial score (nSPS) is 14.5. The third-order valence-corrected chi connectivity index (χ3v) is 5.86. The van der Waals surface area contributed by atoms with E-state index in [1.165, 1.54) is 0 Å². The fourth-order valence-electron chi connectivity index (χ4n) is 4.09. The van der Waals surface area contributed by atoms with Crippen molar-refractivity contribution in [2.24, 2.45) is 0 Å². The first-order valence-corrected chi connectivity index (χ1v) is 11.0. The molecule has 4 aromatic rings. The van der Waals surface area contributed by atoms with E-state index in [2.05, 4.69) is 25.5 Å². The molecule has 3 heterocycles. The van der Waals surface area contributed by atoms with Crippen molar-refractivity contribution in [1.82, 2.24) is 29.8 Å². The molecule has 168 valence electrons. The Bertz CT molecular complexity index is 1260. The van der Waals surface area contributed by atoms with E-state index >= 15 is 0 Å². The van der Waals surface area contributed by atoms with E-state index < -0.39 is 0 Å². The molecule has 0 spiro atoms. The molecular weight excluding hydrogens is 418 g/mol. The van der Waals surface area contributed by atoms with Gasteiger partial charge in [-0.25, -0.2) is 4.68 Å². The van der Waals surface area contributed by atoms with Crippen LogP contribution < -0.4 is 5.32 Å². The maximum atomic E-state index is 12.9. The third-order valence-electron chi connectivity index (χ3n) is 5.86. The summed E-state index contributed by atoms with van der Waals surface area (Å²) >= 11 is 0. The molecule has 9 nitrogen and oxygen atoms in total. The highest BCUT2D eigenvalue weighted by atomic mass is 16.2. The van der Waals surface area contributed by atoms with Crippen molar-refractivity contribution in [1.29, 1.82) is 0 Å². The number of benzene rings is 2. The molecule has 9 heteroatoms. The number of H-pyrrole nitrogens is 1. The van der Waals surface area contributed by atoms with Gasteiger partial charge in [0.2, 0.25) is 5.91 Å². The summed E-state index contributed by atoms with van der Waals surface area (Å²) in [6.45, 7) is 3.23. The standard InChI is InChI=1S/C24H25N7O2/c32-22(26-21-10-11-25-31(21)16-18-6-2-1-3-7-18)17-29-12-14-30(15-13-29)24(33)23-19-8-4-5-9-20(19)27-28-23/h1-11H,12-17H2,(H,26,32)(H,27,28). The number of piperazine rings is 1. The molecule has 0 aliphatic carbocycles. The molecule has 0 atom stereocenters. The van der Waals surface area contributed by atoms with Crippen LogP contribution in [-0.2, 0) is 11.3 Å². The lowest BCUT2D eigenvalue weighted by molar-refractivity contribution is -0.117. The molecule has 2 aromatic heterocycles. The van der Waals surface area contributed by atoms with Crippen LogP contribution in [0.5, 0.6) is 0 Å². The van der Waals surface area contributed by atoms with Crippen LogP contribution in [0.15, 0.2) is 66.9 Å². The molecule has 0 radical (unpaired) electrons. The lowest BCUT2D eigenvalue weighted by Crippen LogP contribution is -2.50. The Kier molecular flexibility index (Phi) is 5.86. The second-order valence-corrected chi connectivity index (χ2v) is 8.09. The van der Waals surface area contributed by atoms with Gasteiger partial charge >= 0.3 is 0 Å². The van der Waals surface area contributed by atoms with Crippen LogP contribution in [0, 0.1) is 0 Å². The monoisotopic (exact) mass is 443 g/mol. The first kappa shape index (κ1) is 20.9. The number of nitrogens with zero attached hydrogens (tertiary/aromatic N) is 5. The zero-order valence-corrected chi connectivity index (χ0v) is 18.1. The van der Waals surface area contributed by atoms with Crippen LogP contribution in [0.4, 0.5) is 5.82 Å². The number of anilines is 1.